The smallest absolute Gasteiger partial charge is 0.374 e. The number of rotatable bonds is 3. The van der Waals surface area contributed by atoms with Crippen LogP contribution < -0.4 is 0 Å². The molecule has 5 nitrogen and oxygen atoms in total. The van der Waals surface area contributed by atoms with Crippen molar-refractivity contribution in [3.05, 3.63) is 36.8 Å². The Morgan fingerprint density at radius 1 is 1.56 bits per heavy atom. The molecule has 1 rings (SSSR count). The maximum absolute atomic E-state index is 11.0. The number of furan rings is 1. The second-order valence-electron chi connectivity index (χ2n) is 2.97. The van der Waals surface area contributed by atoms with Crippen molar-refractivity contribution in [1.29, 1.82) is 0 Å². The Bertz CT molecular complexity index is 337. The lowest BCUT2D eigenvalue weighted by molar-refractivity contribution is -0.131. The molecule has 0 aromatic carbocycles. The predicted molar refractivity (Wildman–Crippen MR) is 57.1 cm³/mol. The van der Waals surface area contributed by atoms with Crippen LogP contribution >= 0.6 is 0 Å². The Kier molecular flexibility index (Phi) is 6.35. The highest BCUT2D eigenvalue weighted by Crippen LogP contribution is 2.03. The van der Waals surface area contributed by atoms with Crippen LogP contribution in [0.25, 0.3) is 0 Å². The van der Waals surface area contributed by atoms with Crippen LogP contribution in [0.5, 0.6) is 0 Å². The highest BCUT2D eigenvalue weighted by atomic mass is 16.6. The molecule has 0 spiro atoms. The van der Waals surface area contributed by atoms with Crippen molar-refractivity contribution < 1.29 is 23.8 Å². The summed E-state index contributed by atoms with van der Waals surface area (Å²) >= 11 is 0. The number of carbonyl (C=O) groups is 2. The van der Waals surface area contributed by atoms with Gasteiger partial charge in [0.15, 0.2) is 0 Å². The number of carboxylic acid groups (broad SMARTS) is 1. The molecule has 0 saturated carbocycles. The number of hydrogen-bond donors (Lipinski definition) is 1. The molecular weight excluding hydrogens is 212 g/mol. The molecule has 0 aliphatic rings. The normalized spacial score (nSPS) is 8.94. The fourth-order valence-electron chi connectivity index (χ4n) is 0.667. The van der Waals surface area contributed by atoms with Crippen molar-refractivity contribution in [3.63, 3.8) is 0 Å². The molecule has 0 atom stereocenters. The third kappa shape index (κ3) is 6.42. The third-order valence-electron chi connectivity index (χ3n) is 1.24. The van der Waals surface area contributed by atoms with Gasteiger partial charge in [0.25, 0.3) is 0 Å². The summed E-state index contributed by atoms with van der Waals surface area (Å²) < 4.78 is 9.68. The molecule has 16 heavy (non-hydrogen) atoms. The topological polar surface area (TPSA) is 76.7 Å². The van der Waals surface area contributed by atoms with E-state index < -0.39 is 11.9 Å². The minimum absolute atomic E-state index is 0.104. The van der Waals surface area contributed by atoms with Crippen molar-refractivity contribution in [1.82, 2.24) is 0 Å². The second kappa shape index (κ2) is 7.28. The first-order valence-corrected chi connectivity index (χ1v) is 4.57. The van der Waals surface area contributed by atoms with E-state index in [2.05, 4.69) is 6.58 Å². The van der Waals surface area contributed by atoms with Gasteiger partial charge < -0.3 is 14.3 Å². The van der Waals surface area contributed by atoms with Gasteiger partial charge in [-0.05, 0) is 26.0 Å². The largest absolute Gasteiger partial charge is 0.478 e. The van der Waals surface area contributed by atoms with Crippen molar-refractivity contribution in [2.75, 3.05) is 0 Å². The zero-order valence-corrected chi connectivity index (χ0v) is 9.17. The van der Waals surface area contributed by atoms with E-state index in [1.54, 1.807) is 26.0 Å². The van der Waals surface area contributed by atoms with Crippen LogP contribution in [0.4, 0.5) is 0 Å². The average molecular weight is 226 g/mol. The van der Waals surface area contributed by atoms with Gasteiger partial charge in [0.1, 0.15) is 0 Å². The summed E-state index contributed by atoms with van der Waals surface area (Å²) in [6.07, 6.45) is 2.17. The van der Waals surface area contributed by atoms with Crippen LogP contribution in [0, 0.1) is 0 Å². The van der Waals surface area contributed by atoms with Gasteiger partial charge in [-0.3, -0.25) is 0 Å². The number of aliphatic carboxylic acids is 1. The van der Waals surface area contributed by atoms with Crippen molar-refractivity contribution in [2.24, 2.45) is 0 Å². The lowest BCUT2D eigenvalue weighted by Gasteiger charge is -2.04. The van der Waals surface area contributed by atoms with Crippen LogP contribution in [0.15, 0.2) is 35.5 Å². The van der Waals surface area contributed by atoms with Crippen LogP contribution in [0.1, 0.15) is 24.4 Å². The third-order valence-corrected chi connectivity index (χ3v) is 1.24. The highest BCUT2D eigenvalue weighted by Gasteiger charge is 2.10. The predicted octanol–water partition coefficient (Wildman–Crippen LogP) is 2.10. The molecule has 0 amide bonds. The molecule has 0 unspecified atom stereocenters. The van der Waals surface area contributed by atoms with E-state index in [4.69, 9.17) is 14.3 Å². The average Bonchev–Trinajstić information content (AvgIpc) is 2.70. The first-order chi connectivity index (χ1) is 7.47. The van der Waals surface area contributed by atoms with Crippen LogP contribution in [-0.2, 0) is 9.53 Å². The molecule has 88 valence electrons. The second-order valence-corrected chi connectivity index (χ2v) is 2.97. The van der Waals surface area contributed by atoms with E-state index in [-0.39, 0.29) is 11.9 Å². The quantitative estimate of drug-likeness (QED) is 0.630. The van der Waals surface area contributed by atoms with E-state index in [1.807, 2.05) is 0 Å². The molecule has 0 saturated heterocycles. The number of esters is 1. The molecule has 1 aromatic rings. The summed E-state index contributed by atoms with van der Waals surface area (Å²) in [7, 11) is 0. The van der Waals surface area contributed by atoms with E-state index in [9.17, 15) is 9.59 Å². The molecule has 1 N–H and O–H groups in total. The molecular formula is C11H14O5. The van der Waals surface area contributed by atoms with Crippen LogP contribution in [0.2, 0.25) is 0 Å². The Balaban J connectivity index is 0.000000385. The fraction of sp³-hybridized carbons (Fsp3) is 0.273. The van der Waals surface area contributed by atoms with Gasteiger partial charge in [0, 0.05) is 6.08 Å². The zero-order chi connectivity index (χ0) is 12.6. The van der Waals surface area contributed by atoms with Crippen molar-refractivity contribution >= 4 is 11.9 Å². The molecule has 0 fully saturated rings. The lowest BCUT2D eigenvalue weighted by Crippen LogP contribution is -2.10. The Hall–Kier alpha value is -2.04. The van der Waals surface area contributed by atoms with Gasteiger partial charge in [0.05, 0.1) is 12.4 Å². The first-order valence-electron chi connectivity index (χ1n) is 4.57. The summed E-state index contributed by atoms with van der Waals surface area (Å²) in [4.78, 5) is 20.3. The summed E-state index contributed by atoms with van der Waals surface area (Å²) in [6, 6.07) is 3.22. The summed E-state index contributed by atoms with van der Waals surface area (Å²) in [5.41, 5.74) is 0. The maximum Gasteiger partial charge on any atom is 0.374 e. The molecule has 0 aliphatic heterocycles. The Morgan fingerprint density at radius 3 is 2.44 bits per heavy atom. The van der Waals surface area contributed by atoms with Gasteiger partial charge >= 0.3 is 11.9 Å². The van der Waals surface area contributed by atoms with Crippen molar-refractivity contribution in [3.8, 4) is 0 Å². The van der Waals surface area contributed by atoms with Gasteiger partial charge in [0.2, 0.25) is 5.76 Å². The Morgan fingerprint density at radius 2 is 2.12 bits per heavy atom. The molecule has 5 heteroatoms. The number of carboxylic acids is 1. The van der Waals surface area contributed by atoms with Gasteiger partial charge in [-0.25, -0.2) is 9.59 Å². The van der Waals surface area contributed by atoms with E-state index in [0.29, 0.717) is 0 Å². The SMILES string of the molecule is C=CC(=O)O.CC(C)OC(=O)c1ccco1. The minimum atomic E-state index is -0.981. The molecule has 1 heterocycles. The van der Waals surface area contributed by atoms with Gasteiger partial charge in [-0.1, -0.05) is 6.58 Å². The minimum Gasteiger partial charge on any atom is -0.478 e. The van der Waals surface area contributed by atoms with Gasteiger partial charge in [-0.2, -0.15) is 0 Å². The molecule has 0 bridgehead atoms. The van der Waals surface area contributed by atoms with Crippen molar-refractivity contribution in [2.45, 2.75) is 20.0 Å². The Labute approximate surface area is 93.3 Å². The highest BCUT2D eigenvalue weighted by molar-refractivity contribution is 5.86. The maximum atomic E-state index is 11.0. The lowest BCUT2D eigenvalue weighted by atomic mass is 10.4. The number of ether oxygens (including phenoxy) is 1. The molecule has 0 aliphatic carbocycles. The molecule has 1 aromatic heterocycles. The van der Waals surface area contributed by atoms with E-state index in [1.165, 1.54) is 6.26 Å². The fourth-order valence-corrected chi connectivity index (χ4v) is 0.667. The summed E-state index contributed by atoms with van der Waals surface area (Å²) in [5, 5.41) is 7.60. The number of hydrogen-bond acceptors (Lipinski definition) is 4. The summed E-state index contributed by atoms with van der Waals surface area (Å²) in [6.45, 7) is 6.55. The zero-order valence-electron chi connectivity index (χ0n) is 9.17. The van der Waals surface area contributed by atoms with Gasteiger partial charge in [-0.15, -0.1) is 0 Å². The first kappa shape index (κ1) is 14.0. The summed E-state index contributed by atoms with van der Waals surface area (Å²) in [5.74, 6) is -1.14. The monoisotopic (exact) mass is 226 g/mol. The van der Waals surface area contributed by atoms with E-state index >= 15 is 0 Å². The van der Waals surface area contributed by atoms with Crippen LogP contribution in [0.3, 0.4) is 0 Å². The number of carbonyl (C=O) groups excluding carboxylic acids is 1. The molecule has 0 radical (unpaired) electrons. The standard InChI is InChI=1S/C8H10O3.C3H4O2/c1-6(2)11-8(9)7-4-3-5-10-7;1-2-3(4)5/h3-6H,1-2H3;2H,1H2,(H,4,5). The van der Waals surface area contributed by atoms with E-state index in [0.717, 1.165) is 6.08 Å². The van der Waals surface area contributed by atoms with Crippen LogP contribution in [-0.4, -0.2) is 23.1 Å².